The Morgan fingerprint density at radius 3 is 2.57 bits per heavy atom. The fraction of sp³-hybridized carbons (Fsp3) is 0.833. The van der Waals surface area contributed by atoms with Crippen LogP contribution in [0.1, 0.15) is 19.3 Å². The van der Waals surface area contributed by atoms with Gasteiger partial charge in [0.1, 0.15) is 0 Å². The fourth-order valence-corrected chi connectivity index (χ4v) is 2.87. The highest BCUT2D eigenvalue weighted by Crippen LogP contribution is 2.44. The molecule has 2 fully saturated rings. The van der Waals surface area contributed by atoms with Gasteiger partial charge in [-0.15, -0.1) is 0 Å². The third-order valence-corrected chi connectivity index (χ3v) is 3.39. The lowest BCUT2D eigenvalue weighted by molar-refractivity contribution is 0.668. The minimum absolute atomic E-state index is 0.963. The summed E-state index contributed by atoms with van der Waals surface area (Å²) >= 11 is 2.18. The molecule has 0 aromatic heterocycles. The van der Waals surface area contributed by atoms with Crippen LogP contribution in [-0.2, 0) is 0 Å². The van der Waals surface area contributed by atoms with Gasteiger partial charge >= 0.3 is 0 Å². The molecule has 2 saturated heterocycles. The normalized spacial score (nSPS) is 48.0. The van der Waals surface area contributed by atoms with Crippen molar-refractivity contribution in [2.75, 3.05) is 0 Å². The van der Waals surface area contributed by atoms with Gasteiger partial charge < -0.3 is 0 Å². The number of rotatable bonds is 0. The van der Waals surface area contributed by atoms with Crippen molar-refractivity contribution in [3.8, 4) is 0 Å². The number of fused-ring (bicyclic) bond motifs is 2. The highest BCUT2D eigenvalue weighted by Gasteiger charge is 2.31. The standard InChI is InChI=1S/C6H9S/c1-2-6-4-3-5(1)7-6/h1,5-6H,2-4H2. The molecule has 1 radical (unpaired) electrons. The molecule has 0 aromatic carbocycles. The first-order valence-corrected chi connectivity index (χ1v) is 3.88. The van der Waals surface area contributed by atoms with E-state index in [-0.39, 0.29) is 0 Å². The van der Waals surface area contributed by atoms with Crippen molar-refractivity contribution < 1.29 is 0 Å². The van der Waals surface area contributed by atoms with Crippen LogP contribution < -0.4 is 0 Å². The van der Waals surface area contributed by atoms with E-state index in [1.54, 1.807) is 0 Å². The highest BCUT2D eigenvalue weighted by atomic mass is 32.2. The minimum Gasteiger partial charge on any atom is -0.155 e. The molecule has 1 heteroatoms. The predicted molar refractivity (Wildman–Crippen MR) is 33.3 cm³/mol. The van der Waals surface area contributed by atoms with Gasteiger partial charge in [-0.1, -0.05) is 0 Å². The van der Waals surface area contributed by atoms with Crippen molar-refractivity contribution in [1.82, 2.24) is 0 Å². The molecule has 39 valence electrons. The first-order valence-electron chi connectivity index (χ1n) is 2.94. The molecule has 0 nitrogen and oxygen atoms in total. The van der Waals surface area contributed by atoms with Gasteiger partial charge in [0.05, 0.1) is 0 Å². The molecule has 2 bridgehead atoms. The Labute approximate surface area is 48.7 Å². The van der Waals surface area contributed by atoms with E-state index in [9.17, 15) is 0 Å². The van der Waals surface area contributed by atoms with E-state index in [1.165, 1.54) is 19.3 Å². The number of hydrogen-bond acceptors (Lipinski definition) is 1. The zero-order valence-electron chi connectivity index (χ0n) is 4.26. The zero-order valence-corrected chi connectivity index (χ0v) is 5.08. The molecular formula is C6H9S. The van der Waals surface area contributed by atoms with Crippen molar-refractivity contribution >= 4 is 11.8 Å². The van der Waals surface area contributed by atoms with E-state index in [0.29, 0.717) is 0 Å². The molecular weight excluding hydrogens is 104 g/mol. The number of thioether (sulfide) groups is 1. The van der Waals surface area contributed by atoms with E-state index in [4.69, 9.17) is 0 Å². The average molecular weight is 113 g/mol. The third-order valence-electron chi connectivity index (χ3n) is 1.80. The lowest BCUT2D eigenvalue weighted by Crippen LogP contribution is -1.99. The Morgan fingerprint density at radius 2 is 2.43 bits per heavy atom. The van der Waals surface area contributed by atoms with E-state index in [2.05, 4.69) is 18.2 Å². The summed E-state index contributed by atoms with van der Waals surface area (Å²) in [5, 5.41) is 2.00. The van der Waals surface area contributed by atoms with Gasteiger partial charge in [-0.3, -0.25) is 0 Å². The molecule has 0 N–H and O–H groups in total. The molecule has 2 heterocycles. The lowest BCUT2D eigenvalue weighted by Gasteiger charge is -2.02. The molecule has 2 rings (SSSR count). The smallest absolute Gasteiger partial charge is 0.00819 e. The van der Waals surface area contributed by atoms with E-state index in [1.807, 2.05) is 0 Å². The predicted octanol–water partition coefficient (Wildman–Crippen LogP) is 1.86. The van der Waals surface area contributed by atoms with Gasteiger partial charge in [-0.05, 0) is 25.7 Å². The zero-order chi connectivity index (χ0) is 4.69. The van der Waals surface area contributed by atoms with Crippen molar-refractivity contribution in [3.63, 3.8) is 0 Å². The summed E-state index contributed by atoms with van der Waals surface area (Å²) in [7, 11) is 0. The molecule has 2 aliphatic rings. The Balaban J connectivity index is 2.12. The second kappa shape index (κ2) is 1.41. The van der Waals surface area contributed by atoms with Gasteiger partial charge in [0, 0.05) is 10.5 Å². The molecule has 7 heavy (non-hydrogen) atoms. The van der Waals surface area contributed by atoms with Crippen LogP contribution >= 0.6 is 11.8 Å². The topological polar surface area (TPSA) is 0 Å². The Kier molecular flexibility index (Phi) is 0.857. The fourth-order valence-electron chi connectivity index (χ4n) is 1.38. The maximum absolute atomic E-state index is 2.47. The van der Waals surface area contributed by atoms with Crippen LogP contribution in [0.25, 0.3) is 0 Å². The highest BCUT2D eigenvalue weighted by molar-refractivity contribution is 8.01. The Bertz CT molecular complexity index is 62.2. The molecule has 2 unspecified atom stereocenters. The second-order valence-electron chi connectivity index (χ2n) is 2.35. The van der Waals surface area contributed by atoms with Crippen LogP contribution in [0.15, 0.2) is 0 Å². The van der Waals surface area contributed by atoms with Crippen LogP contribution in [0.4, 0.5) is 0 Å². The Hall–Kier alpha value is 0.350. The third kappa shape index (κ3) is 0.584. The monoisotopic (exact) mass is 113 g/mol. The first kappa shape index (κ1) is 4.25. The van der Waals surface area contributed by atoms with Gasteiger partial charge in [-0.2, -0.15) is 11.8 Å². The van der Waals surface area contributed by atoms with Gasteiger partial charge in [0.2, 0.25) is 0 Å². The van der Waals surface area contributed by atoms with E-state index >= 15 is 0 Å². The quantitative estimate of drug-likeness (QED) is 0.462. The summed E-state index contributed by atoms with van der Waals surface area (Å²) in [5.74, 6) is 0. The second-order valence-corrected chi connectivity index (χ2v) is 3.89. The minimum atomic E-state index is 0.963. The lowest BCUT2D eigenvalue weighted by atomic mass is 10.0. The van der Waals surface area contributed by atoms with Gasteiger partial charge in [0.15, 0.2) is 0 Å². The van der Waals surface area contributed by atoms with Crippen LogP contribution in [-0.4, -0.2) is 10.5 Å². The van der Waals surface area contributed by atoms with Crippen molar-refractivity contribution in [2.24, 2.45) is 0 Å². The summed E-state index contributed by atoms with van der Waals surface area (Å²) in [5.41, 5.74) is 0. The maximum atomic E-state index is 2.47. The van der Waals surface area contributed by atoms with Gasteiger partial charge in [0.25, 0.3) is 0 Å². The SMILES string of the molecule is [CH]1CC2CCC1S2. The molecule has 0 saturated carbocycles. The van der Waals surface area contributed by atoms with Gasteiger partial charge in [-0.25, -0.2) is 0 Å². The molecule has 2 aliphatic heterocycles. The van der Waals surface area contributed by atoms with Crippen molar-refractivity contribution in [1.29, 1.82) is 0 Å². The summed E-state index contributed by atoms with van der Waals surface area (Å²) in [4.78, 5) is 0. The first-order chi connectivity index (χ1) is 3.45. The van der Waals surface area contributed by atoms with E-state index < -0.39 is 0 Å². The maximum Gasteiger partial charge on any atom is 0.00819 e. The molecule has 0 aliphatic carbocycles. The van der Waals surface area contributed by atoms with E-state index in [0.717, 1.165) is 10.5 Å². The van der Waals surface area contributed by atoms with Crippen molar-refractivity contribution in [2.45, 2.75) is 29.8 Å². The summed E-state index contributed by atoms with van der Waals surface area (Å²) in [6.07, 6.45) is 6.83. The van der Waals surface area contributed by atoms with Crippen LogP contribution in [0.5, 0.6) is 0 Å². The van der Waals surface area contributed by atoms with Crippen LogP contribution in [0, 0.1) is 6.42 Å². The summed E-state index contributed by atoms with van der Waals surface area (Å²) < 4.78 is 0. The number of hydrogen-bond donors (Lipinski definition) is 0. The molecule has 0 spiro atoms. The summed E-state index contributed by atoms with van der Waals surface area (Å²) in [6, 6.07) is 0. The molecule has 0 aromatic rings. The Morgan fingerprint density at radius 1 is 1.43 bits per heavy atom. The molecule has 0 amide bonds. The van der Waals surface area contributed by atoms with Crippen molar-refractivity contribution in [3.05, 3.63) is 6.42 Å². The largest absolute Gasteiger partial charge is 0.155 e. The van der Waals surface area contributed by atoms with Crippen LogP contribution in [0.3, 0.4) is 0 Å². The summed E-state index contributed by atoms with van der Waals surface area (Å²) in [6.45, 7) is 0. The molecule has 2 atom stereocenters. The van der Waals surface area contributed by atoms with Crippen LogP contribution in [0.2, 0.25) is 0 Å². The average Bonchev–Trinajstić information content (AvgIpc) is 2.22.